The van der Waals surface area contributed by atoms with Crippen molar-refractivity contribution >= 4 is 23.3 Å². The molecule has 0 saturated heterocycles. The van der Waals surface area contributed by atoms with Crippen LogP contribution in [0.2, 0.25) is 5.02 Å². The van der Waals surface area contributed by atoms with Crippen LogP contribution < -0.4 is 5.32 Å². The van der Waals surface area contributed by atoms with Crippen molar-refractivity contribution in [3.05, 3.63) is 34.9 Å². The van der Waals surface area contributed by atoms with Crippen LogP contribution >= 0.6 is 11.6 Å². The molecule has 0 unspecified atom stereocenters. The van der Waals surface area contributed by atoms with Crippen molar-refractivity contribution in [1.82, 2.24) is 10.2 Å². The first-order valence-corrected chi connectivity index (χ1v) is 6.72. The van der Waals surface area contributed by atoms with Gasteiger partial charge in [0, 0.05) is 17.1 Å². The number of likely N-dealkylation sites (N-methyl/N-ethyl adjacent to an activating group) is 2. The Labute approximate surface area is 118 Å². The highest BCUT2D eigenvalue weighted by molar-refractivity contribution is 6.31. The van der Waals surface area contributed by atoms with Crippen LogP contribution in [-0.2, 0) is 4.79 Å². The number of hydrogen-bond donors (Lipinski definition) is 1. The van der Waals surface area contributed by atoms with Crippen LogP contribution in [-0.4, -0.2) is 42.8 Å². The summed E-state index contributed by atoms with van der Waals surface area (Å²) in [4.78, 5) is 25.4. The number of ketones is 1. The second-order valence-electron chi connectivity index (χ2n) is 4.19. The van der Waals surface area contributed by atoms with Crippen LogP contribution in [0.4, 0.5) is 0 Å². The number of Topliss-reactive ketones (excluding diaryl/α,β-unsaturated/α-hetero) is 1. The predicted octanol–water partition coefficient (Wildman–Crippen LogP) is 1.98. The zero-order chi connectivity index (χ0) is 14.3. The van der Waals surface area contributed by atoms with Gasteiger partial charge in [-0.1, -0.05) is 30.7 Å². The van der Waals surface area contributed by atoms with E-state index in [0.29, 0.717) is 23.7 Å². The van der Waals surface area contributed by atoms with Crippen LogP contribution in [0.5, 0.6) is 0 Å². The Hall–Kier alpha value is -1.39. The van der Waals surface area contributed by atoms with Gasteiger partial charge in [0.25, 0.3) is 0 Å². The Bertz CT molecular complexity index is 449. The molecule has 4 nitrogen and oxygen atoms in total. The molecule has 0 fully saturated rings. The van der Waals surface area contributed by atoms with Gasteiger partial charge in [-0.15, -0.1) is 0 Å². The van der Waals surface area contributed by atoms with E-state index in [0.717, 1.165) is 0 Å². The summed E-state index contributed by atoms with van der Waals surface area (Å²) in [6.07, 6.45) is 0. The number of hydrogen-bond acceptors (Lipinski definition) is 3. The van der Waals surface area contributed by atoms with Gasteiger partial charge in [0.1, 0.15) is 0 Å². The number of nitrogens with zero attached hydrogens (tertiary/aromatic N) is 1. The van der Waals surface area contributed by atoms with Crippen molar-refractivity contribution in [2.45, 2.75) is 13.8 Å². The highest BCUT2D eigenvalue weighted by Crippen LogP contribution is 2.11. The standard InChI is InChI=1S/C14H19ClN2O2/c1-3-16-14(19)10-17(4-2)9-13(18)11-6-5-7-12(15)8-11/h5-8H,3-4,9-10H2,1-2H3,(H,16,19). The highest BCUT2D eigenvalue weighted by Gasteiger charge is 2.14. The SMILES string of the molecule is CCNC(=O)CN(CC)CC(=O)c1cccc(Cl)c1. The first kappa shape index (κ1) is 15.7. The number of benzene rings is 1. The Kier molecular flexibility index (Phi) is 6.53. The van der Waals surface area contributed by atoms with E-state index < -0.39 is 0 Å². The average Bonchev–Trinajstić information content (AvgIpc) is 2.38. The monoisotopic (exact) mass is 282 g/mol. The van der Waals surface area contributed by atoms with Crippen LogP contribution in [0, 0.1) is 0 Å². The molecule has 0 aliphatic heterocycles. The smallest absolute Gasteiger partial charge is 0.234 e. The molecule has 0 spiro atoms. The summed E-state index contributed by atoms with van der Waals surface area (Å²) in [5.74, 6) is -0.100. The van der Waals surface area contributed by atoms with Crippen LogP contribution in [0.25, 0.3) is 0 Å². The lowest BCUT2D eigenvalue weighted by molar-refractivity contribution is -0.121. The molecule has 5 heteroatoms. The lowest BCUT2D eigenvalue weighted by atomic mass is 10.1. The number of carbonyl (C=O) groups is 2. The maximum atomic E-state index is 12.1. The van der Waals surface area contributed by atoms with E-state index in [9.17, 15) is 9.59 Å². The van der Waals surface area contributed by atoms with Gasteiger partial charge in [-0.2, -0.15) is 0 Å². The number of carbonyl (C=O) groups excluding carboxylic acids is 2. The lowest BCUT2D eigenvalue weighted by Gasteiger charge is -2.18. The van der Waals surface area contributed by atoms with Gasteiger partial charge in [-0.05, 0) is 25.6 Å². The van der Waals surface area contributed by atoms with E-state index in [1.165, 1.54) is 0 Å². The molecular weight excluding hydrogens is 264 g/mol. The van der Waals surface area contributed by atoms with E-state index in [2.05, 4.69) is 5.32 Å². The third kappa shape index (κ3) is 5.41. The minimum atomic E-state index is -0.0664. The van der Waals surface area contributed by atoms with Crippen molar-refractivity contribution in [1.29, 1.82) is 0 Å². The topological polar surface area (TPSA) is 49.4 Å². The molecule has 1 aromatic rings. The van der Waals surface area contributed by atoms with Crippen molar-refractivity contribution in [2.75, 3.05) is 26.2 Å². The fraction of sp³-hybridized carbons (Fsp3) is 0.429. The molecular formula is C14H19ClN2O2. The molecule has 1 amide bonds. The number of halogens is 1. The number of rotatable bonds is 7. The molecule has 0 saturated carbocycles. The van der Waals surface area contributed by atoms with Crippen molar-refractivity contribution < 1.29 is 9.59 Å². The summed E-state index contributed by atoms with van der Waals surface area (Å²) < 4.78 is 0. The van der Waals surface area contributed by atoms with Crippen LogP contribution in [0.15, 0.2) is 24.3 Å². The maximum absolute atomic E-state index is 12.1. The van der Waals surface area contributed by atoms with Crippen molar-refractivity contribution in [3.8, 4) is 0 Å². The zero-order valence-electron chi connectivity index (χ0n) is 11.3. The molecule has 1 rings (SSSR count). The first-order valence-electron chi connectivity index (χ1n) is 6.34. The Morgan fingerprint density at radius 3 is 2.58 bits per heavy atom. The fourth-order valence-corrected chi connectivity index (χ4v) is 1.88. The fourth-order valence-electron chi connectivity index (χ4n) is 1.69. The molecule has 0 heterocycles. The van der Waals surface area contributed by atoms with Crippen LogP contribution in [0.3, 0.4) is 0 Å². The van der Waals surface area contributed by atoms with Gasteiger partial charge in [-0.25, -0.2) is 0 Å². The van der Waals surface area contributed by atoms with Gasteiger partial charge in [-0.3, -0.25) is 14.5 Å². The quantitative estimate of drug-likeness (QED) is 0.778. The molecule has 0 aliphatic rings. The van der Waals surface area contributed by atoms with Crippen LogP contribution in [0.1, 0.15) is 24.2 Å². The normalized spacial score (nSPS) is 10.5. The zero-order valence-corrected chi connectivity index (χ0v) is 12.0. The molecule has 0 aliphatic carbocycles. The van der Waals surface area contributed by atoms with Gasteiger partial charge in [0.05, 0.1) is 13.1 Å². The Balaban J connectivity index is 2.60. The molecule has 19 heavy (non-hydrogen) atoms. The lowest BCUT2D eigenvalue weighted by Crippen LogP contribution is -2.39. The van der Waals surface area contributed by atoms with Crippen molar-refractivity contribution in [2.24, 2.45) is 0 Å². The molecule has 1 N–H and O–H groups in total. The summed E-state index contributed by atoms with van der Waals surface area (Å²) in [5, 5.41) is 3.26. The third-order valence-electron chi connectivity index (χ3n) is 2.70. The maximum Gasteiger partial charge on any atom is 0.234 e. The second kappa shape index (κ2) is 7.92. The Morgan fingerprint density at radius 1 is 1.26 bits per heavy atom. The molecule has 104 valence electrons. The summed E-state index contributed by atoms with van der Waals surface area (Å²) in [6.45, 7) is 5.47. The van der Waals surface area contributed by atoms with Gasteiger partial charge >= 0.3 is 0 Å². The van der Waals surface area contributed by atoms with Crippen molar-refractivity contribution in [3.63, 3.8) is 0 Å². The largest absolute Gasteiger partial charge is 0.355 e. The van der Waals surface area contributed by atoms with E-state index in [4.69, 9.17) is 11.6 Å². The minimum Gasteiger partial charge on any atom is -0.355 e. The van der Waals surface area contributed by atoms with E-state index in [-0.39, 0.29) is 24.8 Å². The van der Waals surface area contributed by atoms with Gasteiger partial charge in [0.15, 0.2) is 5.78 Å². The number of nitrogens with one attached hydrogen (secondary N) is 1. The van der Waals surface area contributed by atoms with E-state index >= 15 is 0 Å². The predicted molar refractivity (Wildman–Crippen MR) is 76.6 cm³/mol. The molecule has 1 aromatic carbocycles. The van der Waals surface area contributed by atoms with Gasteiger partial charge < -0.3 is 5.32 Å². The van der Waals surface area contributed by atoms with E-state index in [1.54, 1.807) is 29.2 Å². The summed E-state index contributed by atoms with van der Waals surface area (Å²) in [6, 6.07) is 6.85. The van der Waals surface area contributed by atoms with Gasteiger partial charge in [0.2, 0.25) is 5.91 Å². The molecule has 0 atom stereocenters. The number of amides is 1. The first-order chi connectivity index (χ1) is 9.06. The molecule has 0 bridgehead atoms. The average molecular weight is 283 g/mol. The van der Waals surface area contributed by atoms with E-state index in [1.807, 2.05) is 13.8 Å². The summed E-state index contributed by atoms with van der Waals surface area (Å²) in [5.41, 5.74) is 0.571. The molecule has 0 radical (unpaired) electrons. The summed E-state index contributed by atoms with van der Waals surface area (Å²) >= 11 is 5.85. The highest BCUT2D eigenvalue weighted by atomic mass is 35.5. The third-order valence-corrected chi connectivity index (χ3v) is 2.94. The second-order valence-corrected chi connectivity index (χ2v) is 4.63. The minimum absolute atomic E-state index is 0.0337. The summed E-state index contributed by atoms with van der Waals surface area (Å²) in [7, 11) is 0. The Morgan fingerprint density at radius 2 is 2.00 bits per heavy atom. The molecule has 0 aromatic heterocycles.